The molecule has 3 atom stereocenters. The minimum Gasteiger partial charge on any atom is -0.342 e. The highest BCUT2D eigenvalue weighted by atomic mass is 32.2. The fraction of sp³-hybridized carbons (Fsp3) is 0.417. The topological polar surface area (TPSA) is 32.3 Å². The average molecular weight is 234 g/mol. The van der Waals surface area contributed by atoms with Crippen molar-refractivity contribution in [1.29, 1.82) is 0 Å². The summed E-state index contributed by atoms with van der Waals surface area (Å²) in [5.74, 6) is 1.09. The molecule has 2 heterocycles. The number of carbonyl (C=O) groups is 1. The van der Waals surface area contributed by atoms with Crippen molar-refractivity contribution in [3.05, 3.63) is 35.9 Å². The van der Waals surface area contributed by atoms with Crippen LogP contribution >= 0.6 is 11.8 Å². The molecule has 2 aliphatic rings. The van der Waals surface area contributed by atoms with E-state index < -0.39 is 0 Å². The SMILES string of the molecule is CC12SCN(CNC1=O)C2c1ccccc1. The summed E-state index contributed by atoms with van der Waals surface area (Å²) in [6.07, 6.45) is 0. The molecule has 2 saturated heterocycles. The Morgan fingerprint density at radius 3 is 2.94 bits per heavy atom. The second kappa shape index (κ2) is 3.50. The lowest BCUT2D eigenvalue weighted by molar-refractivity contribution is -0.128. The Morgan fingerprint density at radius 2 is 2.19 bits per heavy atom. The van der Waals surface area contributed by atoms with Crippen molar-refractivity contribution in [3.63, 3.8) is 0 Å². The standard InChI is InChI=1S/C12H14N2OS/c1-12-10(9-5-3-2-4-6-9)14(8-16-12)7-13-11(12)15/h2-6,10H,7-8H2,1H3,(H,13,15). The molecule has 0 radical (unpaired) electrons. The fourth-order valence-corrected chi connectivity index (χ4v) is 3.88. The molecule has 0 spiro atoms. The van der Waals surface area contributed by atoms with E-state index in [1.807, 2.05) is 25.1 Å². The lowest BCUT2D eigenvalue weighted by Crippen LogP contribution is -2.55. The van der Waals surface area contributed by atoms with Gasteiger partial charge in [0.1, 0.15) is 4.75 Å². The van der Waals surface area contributed by atoms with Gasteiger partial charge in [-0.1, -0.05) is 30.3 Å². The van der Waals surface area contributed by atoms with Crippen LogP contribution in [-0.2, 0) is 4.79 Å². The van der Waals surface area contributed by atoms with Crippen LogP contribution in [0, 0.1) is 0 Å². The quantitative estimate of drug-likeness (QED) is 0.800. The first-order valence-electron chi connectivity index (χ1n) is 5.43. The summed E-state index contributed by atoms with van der Waals surface area (Å²) in [7, 11) is 0. The van der Waals surface area contributed by atoms with Gasteiger partial charge in [-0.05, 0) is 12.5 Å². The first-order chi connectivity index (χ1) is 7.72. The van der Waals surface area contributed by atoms with Gasteiger partial charge in [-0.3, -0.25) is 9.69 Å². The van der Waals surface area contributed by atoms with E-state index in [-0.39, 0.29) is 16.7 Å². The molecular weight excluding hydrogens is 220 g/mol. The van der Waals surface area contributed by atoms with E-state index in [1.165, 1.54) is 5.56 Å². The number of thioether (sulfide) groups is 1. The number of rotatable bonds is 1. The monoisotopic (exact) mass is 234 g/mol. The lowest BCUT2D eigenvalue weighted by atomic mass is 9.90. The minimum atomic E-state index is -0.334. The largest absolute Gasteiger partial charge is 0.342 e. The molecule has 1 N–H and O–H groups in total. The van der Waals surface area contributed by atoms with Gasteiger partial charge in [0.2, 0.25) is 5.91 Å². The van der Waals surface area contributed by atoms with E-state index >= 15 is 0 Å². The van der Waals surface area contributed by atoms with Gasteiger partial charge in [0.05, 0.1) is 12.7 Å². The molecule has 0 saturated carbocycles. The molecule has 3 nitrogen and oxygen atoms in total. The first-order valence-corrected chi connectivity index (χ1v) is 6.41. The van der Waals surface area contributed by atoms with Crippen molar-refractivity contribution in [1.82, 2.24) is 10.2 Å². The van der Waals surface area contributed by atoms with E-state index in [2.05, 4.69) is 22.3 Å². The highest BCUT2D eigenvalue weighted by Gasteiger charge is 2.53. The summed E-state index contributed by atoms with van der Waals surface area (Å²) >= 11 is 1.74. The van der Waals surface area contributed by atoms with Gasteiger partial charge in [-0.15, -0.1) is 11.8 Å². The van der Waals surface area contributed by atoms with Crippen molar-refractivity contribution in [2.45, 2.75) is 17.7 Å². The Labute approximate surface area is 99.2 Å². The minimum absolute atomic E-state index is 0.167. The number of hydrogen-bond donors (Lipinski definition) is 1. The summed E-state index contributed by atoms with van der Waals surface area (Å²) in [5, 5.41) is 2.95. The molecule has 3 unspecified atom stereocenters. The molecule has 16 heavy (non-hydrogen) atoms. The van der Waals surface area contributed by atoms with Gasteiger partial charge in [0.25, 0.3) is 0 Å². The molecule has 0 aliphatic carbocycles. The predicted molar refractivity (Wildman–Crippen MR) is 64.9 cm³/mol. The van der Waals surface area contributed by atoms with Crippen molar-refractivity contribution in [3.8, 4) is 0 Å². The molecule has 4 heteroatoms. The second-order valence-electron chi connectivity index (χ2n) is 4.45. The molecule has 3 rings (SSSR count). The smallest absolute Gasteiger partial charge is 0.238 e. The number of nitrogens with one attached hydrogen (secondary N) is 1. The maximum Gasteiger partial charge on any atom is 0.238 e. The van der Waals surface area contributed by atoms with Crippen LogP contribution in [0.2, 0.25) is 0 Å². The lowest BCUT2D eigenvalue weighted by Gasteiger charge is -2.38. The third kappa shape index (κ3) is 1.30. The van der Waals surface area contributed by atoms with Crippen LogP contribution in [0.25, 0.3) is 0 Å². The van der Waals surface area contributed by atoms with E-state index in [4.69, 9.17) is 0 Å². The van der Waals surface area contributed by atoms with Gasteiger partial charge >= 0.3 is 0 Å². The van der Waals surface area contributed by atoms with Gasteiger partial charge in [-0.2, -0.15) is 0 Å². The average Bonchev–Trinajstić information content (AvgIpc) is 2.58. The third-order valence-corrected chi connectivity index (χ3v) is 4.90. The van der Waals surface area contributed by atoms with Crippen LogP contribution in [-0.4, -0.2) is 28.1 Å². The number of hydrogen-bond acceptors (Lipinski definition) is 3. The molecule has 2 aliphatic heterocycles. The van der Waals surface area contributed by atoms with E-state index in [9.17, 15) is 4.79 Å². The summed E-state index contributed by atoms with van der Waals surface area (Å²) in [5.41, 5.74) is 1.24. The van der Waals surface area contributed by atoms with Crippen LogP contribution in [0.15, 0.2) is 30.3 Å². The maximum atomic E-state index is 12.0. The van der Waals surface area contributed by atoms with Crippen molar-refractivity contribution in [2.24, 2.45) is 0 Å². The van der Waals surface area contributed by atoms with Gasteiger partial charge in [0.15, 0.2) is 0 Å². The number of amides is 1. The predicted octanol–water partition coefficient (Wildman–Crippen LogP) is 1.58. The number of carbonyl (C=O) groups excluding carboxylic acids is 1. The van der Waals surface area contributed by atoms with E-state index in [0.717, 1.165) is 5.88 Å². The van der Waals surface area contributed by atoms with Crippen molar-refractivity contribution >= 4 is 17.7 Å². The van der Waals surface area contributed by atoms with E-state index in [0.29, 0.717) is 6.67 Å². The highest BCUT2D eigenvalue weighted by molar-refractivity contribution is 8.01. The Bertz CT molecular complexity index is 422. The van der Waals surface area contributed by atoms with Gasteiger partial charge in [0, 0.05) is 5.88 Å². The number of benzene rings is 1. The van der Waals surface area contributed by atoms with Crippen molar-refractivity contribution in [2.75, 3.05) is 12.5 Å². The van der Waals surface area contributed by atoms with Crippen molar-refractivity contribution < 1.29 is 4.79 Å². The zero-order valence-electron chi connectivity index (χ0n) is 9.14. The molecular formula is C12H14N2OS. The van der Waals surface area contributed by atoms with Crippen LogP contribution in [0.5, 0.6) is 0 Å². The molecule has 0 aromatic heterocycles. The van der Waals surface area contributed by atoms with Gasteiger partial charge < -0.3 is 5.32 Å². The molecule has 1 amide bonds. The number of fused-ring (bicyclic) bond motifs is 2. The summed E-state index contributed by atoms with van der Waals surface area (Å²) in [6, 6.07) is 10.5. The van der Waals surface area contributed by atoms with Crippen LogP contribution in [0.3, 0.4) is 0 Å². The maximum absolute atomic E-state index is 12.0. The van der Waals surface area contributed by atoms with E-state index in [1.54, 1.807) is 11.8 Å². The zero-order chi connectivity index (χ0) is 11.2. The van der Waals surface area contributed by atoms with Crippen LogP contribution in [0.4, 0.5) is 0 Å². The zero-order valence-corrected chi connectivity index (χ0v) is 9.96. The summed E-state index contributed by atoms with van der Waals surface area (Å²) < 4.78 is -0.334. The first kappa shape index (κ1) is 10.2. The second-order valence-corrected chi connectivity index (χ2v) is 5.84. The molecule has 2 bridgehead atoms. The third-order valence-electron chi connectivity index (χ3n) is 3.43. The highest BCUT2D eigenvalue weighted by Crippen LogP contribution is 2.50. The molecule has 2 fully saturated rings. The Morgan fingerprint density at radius 1 is 1.44 bits per heavy atom. The molecule has 1 aromatic carbocycles. The summed E-state index contributed by atoms with van der Waals surface area (Å²) in [4.78, 5) is 14.3. The number of nitrogens with zero attached hydrogens (tertiary/aromatic N) is 1. The van der Waals surface area contributed by atoms with Crippen LogP contribution < -0.4 is 5.32 Å². The fourth-order valence-electron chi connectivity index (χ4n) is 2.56. The Hall–Kier alpha value is -1.00. The Balaban J connectivity index is 2.04. The summed E-state index contributed by atoms with van der Waals surface area (Å²) in [6.45, 7) is 2.71. The normalized spacial score (nSPS) is 37.2. The molecule has 84 valence electrons. The molecule has 1 aromatic rings. The Kier molecular flexibility index (Phi) is 2.23. The van der Waals surface area contributed by atoms with Gasteiger partial charge in [-0.25, -0.2) is 0 Å². The van der Waals surface area contributed by atoms with Crippen LogP contribution in [0.1, 0.15) is 18.5 Å².